The lowest BCUT2D eigenvalue weighted by molar-refractivity contribution is 0.825. The fourth-order valence-corrected chi connectivity index (χ4v) is 0.906. The molecule has 0 fully saturated rings. The maximum Gasteiger partial charge on any atom is 0.213 e. The molecule has 1 aromatic heterocycles. The molecule has 3 nitrogen and oxygen atoms in total. The summed E-state index contributed by atoms with van der Waals surface area (Å²) >= 11 is 9.04. The number of aromatic amines is 2. The van der Waals surface area contributed by atoms with Crippen LogP contribution in [0.2, 0.25) is 0 Å². The summed E-state index contributed by atoms with van der Waals surface area (Å²) in [4.78, 5) is 4.01. The van der Waals surface area contributed by atoms with Gasteiger partial charge in [0.05, 0.1) is 5.25 Å². The molecule has 0 bridgehead atoms. The van der Waals surface area contributed by atoms with Crippen LogP contribution in [-0.4, -0.2) is 15.2 Å². The molecule has 0 aromatic carbocycles. The van der Waals surface area contributed by atoms with Gasteiger partial charge in [-0.3, -0.25) is 10.2 Å². The zero-order valence-corrected chi connectivity index (χ0v) is 7.30. The summed E-state index contributed by atoms with van der Waals surface area (Å²) < 4.78 is 0.488. The van der Waals surface area contributed by atoms with Gasteiger partial charge < -0.3 is 0 Å². The SMILES string of the molecule is CCC(S)c1nc(=S)[nH][nH]1. The molecule has 0 saturated heterocycles. The van der Waals surface area contributed by atoms with Crippen molar-refractivity contribution in [1.29, 1.82) is 0 Å². The van der Waals surface area contributed by atoms with E-state index in [9.17, 15) is 0 Å². The van der Waals surface area contributed by atoms with Crippen LogP contribution in [0.5, 0.6) is 0 Å². The summed E-state index contributed by atoms with van der Waals surface area (Å²) in [5, 5.41) is 5.71. The van der Waals surface area contributed by atoms with E-state index in [0.29, 0.717) is 4.77 Å². The zero-order chi connectivity index (χ0) is 7.56. The molecule has 0 saturated carbocycles. The van der Waals surface area contributed by atoms with Crippen molar-refractivity contribution >= 4 is 24.8 Å². The van der Waals surface area contributed by atoms with Gasteiger partial charge in [-0.2, -0.15) is 12.6 Å². The zero-order valence-electron chi connectivity index (χ0n) is 5.59. The van der Waals surface area contributed by atoms with Crippen molar-refractivity contribution in [1.82, 2.24) is 15.2 Å². The van der Waals surface area contributed by atoms with Crippen molar-refractivity contribution in [3.05, 3.63) is 10.6 Å². The average molecular weight is 175 g/mol. The highest BCUT2D eigenvalue weighted by atomic mass is 32.1. The first kappa shape index (κ1) is 7.81. The highest BCUT2D eigenvalue weighted by molar-refractivity contribution is 7.80. The van der Waals surface area contributed by atoms with E-state index in [-0.39, 0.29) is 5.25 Å². The van der Waals surface area contributed by atoms with Crippen LogP contribution in [0.15, 0.2) is 0 Å². The molecule has 0 aliphatic carbocycles. The van der Waals surface area contributed by atoms with E-state index in [4.69, 9.17) is 12.2 Å². The van der Waals surface area contributed by atoms with E-state index in [1.165, 1.54) is 0 Å². The molecular weight excluding hydrogens is 166 g/mol. The first-order valence-corrected chi connectivity index (χ1v) is 3.99. The second kappa shape index (κ2) is 3.21. The fraction of sp³-hybridized carbons (Fsp3) is 0.600. The molecule has 0 amide bonds. The van der Waals surface area contributed by atoms with Gasteiger partial charge >= 0.3 is 0 Å². The van der Waals surface area contributed by atoms with Crippen molar-refractivity contribution in [3.63, 3.8) is 0 Å². The van der Waals surface area contributed by atoms with Crippen LogP contribution in [0.4, 0.5) is 0 Å². The third kappa shape index (κ3) is 1.60. The number of thiol groups is 1. The molecule has 1 unspecified atom stereocenters. The molecule has 1 atom stereocenters. The molecule has 5 heteroatoms. The minimum absolute atomic E-state index is 0.160. The average Bonchev–Trinajstić information content (AvgIpc) is 2.34. The number of hydrogen-bond donors (Lipinski definition) is 3. The van der Waals surface area contributed by atoms with E-state index in [1.807, 2.05) is 6.92 Å². The third-order valence-corrected chi connectivity index (χ3v) is 2.02. The minimum atomic E-state index is 0.160. The van der Waals surface area contributed by atoms with E-state index in [1.54, 1.807) is 0 Å². The number of H-pyrrole nitrogens is 2. The largest absolute Gasteiger partial charge is 0.285 e. The molecule has 0 spiro atoms. The molecule has 1 rings (SSSR count). The van der Waals surface area contributed by atoms with Crippen molar-refractivity contribution in [2.45, 2.75) is 18.6 Å². The standard InChI is InChI=1S/C5H9N3S2/c1-2-3(9)4-6-5(10)8-7-4/h3,9H,2H2,1H3,(H2,6,7,8,10). The van der Waals surface area contributed by atoms with Crippen molar-refractivity contribution < 1.29 is 0 Å². The van der Waals surface area contributed by atoms with Gasteiger partial charge in [0.15, 0.2) is 0 Å². The Hall–Kier alpha value is -0.290. The van der Waals surface area contributed by atoms with Crippen LogP contribution in [0.3, 0.4) is 0 Å². The normalized spacial score (nSPS) is 13.4. The van der Waals surface area contributed by atoms with Crippen LogP contribution in [0, 0.1) is 4.77 Å². The molecule has 0 aliphatic heterocycles. The number of hydrogen-bond acceptors (Lipinski definition) is 3. The Bertz CT molecular complexity index is 251. The van der Waals surface area contributed by atoms with E-state index in [0.717, 1.165) is 12.2 Å². The molecule has 2 N–H and O–H groups in total. The molecular formula is C5H9N3S2. The van der Waals surface area contributed by atoms with Gasteiger partial charge in [-0.1, -0.05) is 6.92 Å². The minimum Gasteiger partial charge on any atom is -0.285 e. The van der Waals surface area contributed by atoms with Gasteiger partial charge in [0.2, 0.25) is 4.77 Å². The summed E-state index contributed by atoms with van der Waals surface area (Å²) in [5.74, 6) is 0.816. The van der Waals surface area contributed by atoms with E-state index >= 15 is 0 Å². The van der Waals surface area contributed by atoms with Gasteiger partial charge in [-0.15, -0.1) is 0 Å². The van der Waals surface area contributed by atoms with Gasteiger partial charge in [-0.25, -0.2) is 4.98 Å². The Labute approximate surface area is 69.7 Å². The maximum absolute atomic E-state index is 4.77. The quantitative estimate of drug-likeness (QED) is 0.474. The Morgan fingerprint density at radius 1 is 1.70 bits per heavy atom. The second-order valence-corrected chi connectivity index (χ2v) is 2.99. The lowest BCUT2D eigenvalue weighted by Gasteiger charge is -1.99. The second-order valence-electron chi connectivity index (χ2n) is 1.98. The van der Waals surface area contributed by atoms with Crippen molar-refractivity contribution in [2.24, 2.45) is 0 Å². The number of nitrogens with one attached hydrogen (secondary N) is 2. The van der Waals surface area contributed by atoms with Gasteiger partial charge in [0, 0.05) is 0 Å². The van der Waals surface area contributed by atoms with Gasteiger partial charge in [0.1, 0.15) is 5.82 Å². The highest BCUT2D eigenvalue weighted by Crippen LogP contribution is 2.17. The van der Waals surface area contributed by atoms with Crippen molar-refractivity contribution in [3.8, 4) is 0 Å². The van der Waals surface area contributed by atoms with Crippen LogP contribution in [-0.2, 0) is 0 Å². The molecule has 0 aliphatic rings. The summed E-state index contributed by atoms with van der Waals surface area (Å²) in [6.45, 7) is 2.04. The Balaban J connectivity index is 2.84. The van der Waals surface area contributed by atoms with Gasteiger partial charge in [-0.05, 0) is 18.6 Å². The molecule has 56 valence electrons. The molecule has 0 radical (unpaired) electrons. The summed E-state index contributed by atoms with van der Waals surface area (Å²) in [6.07, 6.45) is 0.944. The number of aromatic nitrogens is 3. The summed E-state index contributed by atoms with van der Waals surface area (Å²) in [7, 11) is 0. The van der Waals surface area contributed by atoms with Crippen LogP contribution in [0.25, 0.3) is 0 Å². The highest BCUT2D eigenvalue weighted by Gasteiger charge is 2.05. The number of nitrogens with zero attached hydrogens (tertiary/aromatic N) is 1. The predicted octanol–water partition coefficient (Wildman–Crippen LogP) is 1.85. The van der Waals surface area contributed by atoms with E-state index < -0.39 is 0 Å². The monoisotopic (exact) mass is 175 g/mol. The van der Waals surface area contributed by atoms with Crippen molar-refractivity contribution in [2.75, 3.05) is 0 Å². The third-order valence-electron chi connectivity index (χ3n) is 1.22. The lowest BCUT2D eigenvalue weighted by atomic mass is 10.3. The van der Waals surface area contributed by atoms with Crippen LogP contribution < -0.4 is 0 Å². The van der Waals surface area contributed by atoms with E-state index in [2.05, 4.69) is 27.8 Å². The predicted molar refractivity (Wildman–Crippen MR) is 45.8 cm³/mol. The van der Waals surface area contributed by atoms with Crippen LogP contribution in [0.1, 0.15) is 24.4 Å². The van der Waals surface area contributed by atoms with Gasteiger partial charge in [0.25, 0.3) is 0 Å². The summed E-state index contributed by atoms with van der Waals surface area (Å²) in [5.41, 5.74) is 0. The summed E-state index contributed by atoms with van der Waals surface area (Å²) in [6, 6.07) is 0. The topological polar surface area (TPSA) is 44.5 Å². The molecule has 10 heavy (non-hydrogen) atoms. The molecule has 1 aromatic rings. The smallest absolute Gasteiger partial charge is 0.213 e. The van der Waals surface area contributed by atoms with Crippen LogP contribution >= 0.6 is 24.8 Å². The fourth-order valence-electron chi connectivity index (χ4n) is 0.634. The Morgan fingerprint density at radius 2 is 2.40 bits per heavy atom. The number of rotatable bonds is 2. The first-order chi connectivity index (χ1) is 4.74. The lowest BCUT2D eigenvalue weighted by Crippen LogP contribution is -1.90. The Kier molecular flexibility index (Phi) is 2.50. The molecule has 1 heterocycles. The first-order valence-electron chi connectivity index (χ1n) is 3.06. The maximum atomic E-state index is 4.77. The Morgan fingerprint density at radius 3 is 2.80 bits per heavy atom.